The maximum absolute atomic E-state index is 5.76. The normalized spacial score (nSPS) is 29.7. The van der Waals surface area contributed by atoms with Gasteiger partial charge in [-0.2, -0.15) is 12.6 Å². The standard InChI is InChI=1S/C11H20O3SSi/c1-5-14-16(12-3,13-4)10-8-6-7-9-11(10,2)15/h6-10,15H,5H2,1-4H3. The average molecular weight is 260 g/mol. The minimum absolute atomic E-state index is 0.0308. The predicted octanol–water partition coefficient (Wildman–Crippen LogP) is 2.44. The first-order valence-electron chi connectivity index (χ1n) is 5.35. The topological polar surface area (TPSA) is 27.7 Å². The van der Waals surface area contributed by atoms with E-state index in [2.05, 4.69) is 18.7 Å². The quantitative estimate of drug-likeness (QED) is 0.608. The SMILES string of the molecule is CCO[Si](OC)(OC)C1C=CC=CC1(C)S. The molecule has 5 heteroatoms. The molecule has 0 bridgehead atoms. The summed E-state index contributed by atoms with van der Waals surface area (Å²) in [7, 11) is 0.588. The van der Waals surface area contributed by atoms with Gasteiger partial charge in [0.05, 0.1) is 5.54 Å². The predicted molar refractivity (Wildman–Crippen MR) is 70.8 cm³/mol. The number of hydrogen-bond acceptors (Lipinski definition) is 4. The molecular formula is C11H20O3SSi. The van der Waals surface area contributed by atoms with E-state index in [4.69, 9.17) is 13.3 Å². The van der Waals surface area contributed by atoms with Crippen LogP contribution < -0.4 is 0 Å². The molecule has 92 valence electrons. The lowest BCUT2D eigenvalue weighted by Crippen LogP contribution is -2.53. The highest BCUT2D eigenvalue weighted by atomic mass is 32.1. The second-order valence-electron chi connectivity index (χ2n) is 3.89. The summed E-state index contributed by atoms with van der Waals surface area (Å²) >= 11 is 4.66. The zero-order valence-corrected chi connectivity index (χ0v) is 12.2. The average Bonchev–Trinajstić information content (AvgIpc) is 2.26. The Bertz CT molecular complexity index is 285. The van der Waals surface area contributed by atoms with E-state index in [1.807, 2.05) is 32.1 Å². The van der Waals surface area contributed by atoms with Gasteiger partial charge in [0.25, 0.3) is 0 Å². The van der Waals surface area contributed by atoms with Crippen LogP contribution in [-0.4, -0.2) is 34.4 Å². The van der Waals surface area contributed by atoms with Gasteiger partial charge < -0.3 is 13.3 Å². The van der Waals surface area contributed by atoms with E-state index >= 15 is 0 Å². The van der Waals surface area contributed by atoms with E-state index in [1.165, 1.54) is 0 Å². The van der Waals surface area contributed by atoms with Gasteiger partial charge in [0, 0.05) is 25.6 Å². The highest BCUT2D eigenvalue weighted by molar-refractivity contribution is 7.82. The van der Waals surface area contributed by atoms with Gasteiger partial charge in [-0.1, -0.05) is 24.3 Å². The van der Waals surface area contributed by atoms with Crippen LogP contribution in [0, 0.1) is 0 Å². The van der Waals surface area contributed by atoms with Crippen molar-refractivity contribution in [2.24, 2.45) is 0 Å². The van der Waals surface area contributed by atoms with Gasteiger partial charge in [-0.3, -0.25) is 0 Å². The fraction of sp³-hybridized carbons (Fsp3) is 0.636. The van der Waals surface area contributed by atoms with Gasteiger partial charge in [0.1, 0.15) is 0 Å². The first-order valence-corrected chi connectivity index (χ1v) is 7.60. The molecule has 0 aromatic rings. The summed E-state index contributed by atoms with van der Waals surface area (Å²) < 4.78 is 16.6. The van der Waals surface area contributed by atoms with Crippen LogP contribution in [-0.2, 0) is 13.3 Å². The summed E-state index contributed by atoms with van der Waals surface area (Å²) in [6.45, 7) is 4.56. The second kappa shape index (κ2) is 5.51. The van der Waals surface area contributed by atoms with Gasteiger partial charge in [-0.25, -0.2) is 0 Å². The Morgan fingerprint density at radius 1 is 1.31 bits per heavy atom. The molecule has 0 saturated heterocycles. The second-order valence-corrected chi connectivity index (χ2v) is 7.79. The lowest BCUT2D eigenvalue weighted by molar-refractivity contribution is 0.0948. The van der Waals surface area contributed by atoms with Gasteiger partial charge >= 0.3 is 8.80 Å². The number of hydrogen-bond donors (Lipinski definition) is 1. The number of thiol groups is 1. The summed E-state index contributed by atoms with van der Waals surface area (Å²) in [5, 5.41) is 0. The molecule has 0 aromatic carbocycles. The smallest absolute Gasteiger partial charge is 0.376 e. The van der Waals surface area contributed by atoms with E-state index in [-0.39, 0.29) is 10.3 Å². The maximum Gasteiger partial charge on any atom is 0.509 e. The monoisotopic (exact) mass is 260 g/mol. The lowest BCUT2D eigenvalue weighted by Gasteiger charge is -2.39. The molecule has 0 fully saturated rings. The molecule has 16 heavy (non-hydrogen) atoms. The molecule has 0 saturated carbocycles. The highest BCUT2D eigenvalue weighted by Gasteiger charge is 2.53. The fourth-order valence-electron chi connectivity index (χ4n) is 1.95. The van der Waals surface area contributed by atoms with E-state index < -0.39 is 8.80 Å². The van der Waals surface area contributed by atoms with Gasteiger partial charge in [0.2, 0.25) is 0 Å². The van der Waals surface area contributed by atoms with Crippen molar-refractivity contribution >= 4 is 21.4 Å². The van der Waals surface area contributed by atoms with Crippen molar-refractivity contribution in [1.29, 1.82) is 0 Å². The van der Waals surface area contributed by atoms with Crippen LogP contribution >= 0.6 is 12.6 Å². The molecule has 1 aliphatic carbocycles. The van der Waals surface area contributed by atoms with E-state index in [1.54, 1.807) is 14.2 Å². The Hall–Kier alpha value is -0.0731. The Balaban J connectivity index is 3.02. The minimum Gasteiger partial charge on any atom is -0.376 e. The molecular weight excluding hydrogens is 240 g/mol. The van der Waals surface area contributed by atoms with Crippen LogP contribution in [0.25, 0.3) is 0 Å². The molecule has 0 spiro atoms. The van der Waals surface area contributed by atoms with Gasteiger partial charge in [-0.05, 0) is 13.8 Å². The summed E-state index contributed by atoms with van der Waals surface area (Å²) in [6.07, 6.45) is 8.07. The molecule has 0 aliphatic heterocycles. The van der Waals surface area contributed by atoms with Crippen molar-refractivity contribution in [3.05, 3.63) is 24.3 Å². The van der Waals surface area contributed by atoms with Crippen LogP contribution in [0.15, 0.2) is 24.3 Å². The van der Waals surface area contributed by atoms with Crippen LogP contribution in [0.5, 0.6) is 0 Å². The van der Waals surface area contributed by atoms with Crippen molar-refractivity contribution in [3.8, 4) is 0 Å². The van der Waals surface area contributed by atoms with Crippen LogP contribution in [0.2, 0.25) is 5.54 Å². The Kier molecular flexibility index (Phi) is 4.82. The van der Waals surface area contributed by atoms with E-state index in [0.717, 1.165) is 0 Å². The Labute approximate surface area is 104 Å². The molecule has 0 N–H and O–H groups in total. The van der Waals surface area contributed by atoms with E-state index in [9.17, 15) is 0 Å². The zero-order chi connectivity index (χ0) is 12.2. The molecule has 0 aromatic heterocycles. The molecule has 0 heterocycles. The van der Waals surface area contributed by atoms with Gasteiger partial charge in [0.15, 0.2) is 0 Å². The van der Waals surface area contributed by atoms with Crippen molar-refractivity contribution in [2.45, 2.75) is 24.1 Å². The summed E-state index contributed by atoms with van der Waals surface area (Å²) in [4.78, 5) is 0. The van der Waals surface area contributed by atoms with Gasteiger partial charge in [-0.15, -0.1) is 0 Å². The third-order valence-corrected chi connectivity index (χ3v) is 6.83. The summed E-state index contributed by atoms with van der Waals surface area (Å²) in [5.74, 6) is 0. The summed E-state index contributed by atoms with van der Waals surface area (Å²) in [5.41, 5.74) is 0.0308. The lowest BCUT2D eigenvalue weighted by atomic mass is 10.0. The Morgan fingerprint density at radius 2 is 1.94 bits per heavy atom. The van der Waals surface area contributed by atoms with Crippen molar-refractivity contribution in [3.63, 3.8) is 0 Å². The fourth-order valence-corrected chi connectivity index (χ4v) is 5.24. The molecule has 2 atom stereocenters. The maximum atomic E-state index is 5.76. The summed E-state index contributed by atoms with van der Waals surface area (Å²) in [6, 6.07) is 0. The third kappa shape index (κ3) is 2.60. The first kappa shape index (κ1) is 14.0. The molecule has 0 radical (unpaired) electrons. The van der Waals surface area contributed by atoms with Crippen molar-refractivity contribution < 1.29 is 13.3 Å². The van der Waals surface area contributed by atoms with Crippen LogP contribution in [0.3, 0.4) is 0 Å². The number of allylic oxidation sites excluding steroid dienone is 3. The zero-order valence-electron chi connectivity index (χ0n) is 10.3. The van der Waals surface area contributed by atoms with Crippen molar-refractivity contribution in [1.82, 2.24) is 0 Å². The molecule has 1 rings (SSSR count). The minimum atomic E-state index is -2.69. The largest absolute Gasteiger partial charge is 0.509 e. The van der Waals surface area contributed by atoms with Crippen molar-refractivity contribution in [2.75, 3.05) is 20.8 Å². The number of rotatable bonds is 5. The first-order chi connectivity index (χ1) is 7.52. The molecule has 3 nitrogen and oxygen atoms in total. The molecule has 0 amide bonds. The van der Waals surface area contributed by atoms with E-state index in [0.29, 0.717) is 6.61 Å². The van der Waals surface area contributed by atoms with Crippen LogP contribution in [0.4, 0.5) is 0 Å². The van der Waals surface area contributed by atoms with Crippen LogP contribution in [0.1, 0.15) is 13.8 Å². The molecule has 2 unspecified atom stereocenters. The third-order valence-electron chi connectivity index (χ3n) is 2.77. The highest BCUT2D eigenvalue weighted by Crippen LogP contribution is 2.42. The Morgan fingerprint density at radius 3 is 2.38 bits per heavy atom. The molecule has 1 aliphatic rings.